The Hall–Kier alpha value is -1.20. The van der Waals surface area contributed by atoms with E-state index in [4.69, 9.17) is 11.5 Å². The van der Waals surface area contributed by atoms with Gasteiger partial charge < -0.3 is 11.5 Å². The number of nitrogens with two attached hydrogens (primary N) is 2. The molecule has 84 valence electrons. The highest BCUT2D eigenvalue weighted by molar-refractivity contribution is 7.98. The van der Waals surface area contributed by atoms with Crippen LogP contribution in [0.15, 0.2) is 28.5 Å². The second-order valence-electron chi connectivity index (χ2n) is 3.49. The van der Waals surface area contributed by atoms with Crippen molar-refractivity contribution in [1.82, 2.24) is 4.98 Å². The number of hydrogen-bond donors (Lipinski definition) is 2. The fourth-order valence-electron chi connectivity index (χ4n) is 1.31. The van der Waals surface area contributed by atoms with Gasteiger partial charge >= 0.3 is 0 Å². The zero-order valence-electron chi connectivity index (χ0n) is 8.93. The third-order valence-electron chi connectivity index (χ3n) is 2.16. The Balaban J connectivity index is 2.07. The Morgan fingerprint density at radius 2 is 2.19 bits per heavy atom. The lowest BCUT2D eigenvalue weighted by Crippen LogP contribution is -1.89. The summed E-state index contributed by atoms with van der Waals surface area (Å²) in [6, 6.07) is 5.95. The van der Waals surface area contributed by atoms with Gasteiger partial charge in [-0.15, -0.1) is 23.1 Å². The molecule has 0 amide bonds. The van der Waals surface area contributed by atoms with Crippen LogP contribution >= 0.6 is 23.1 Å². The molecular formula is C11H13N3S2. The highest BCUT2D eigenvalue weighted by Gasteiger charge is 2.03. The molecule has 2 aromatic rings. The van der Waals surface area contributed by atoms with Crippen LogP contribution in [0.3, 0.4) is 0 Å². The molecular weight excluding hydrogens is 238 g/mol. The smallest absolute Gasteiger partial charge is 0.180 e. The van der Waals surface area contributed by atoms with Gasteiger partial charge in [0.2, 0.25) is 0 Å². The van der Waals surface area contributed by atoms with Crippen molar-refractivity contribution >= 4 is 33.9 Å². The van der Waals surface area contributed by atoms with Crippen molar-refractivity contribution in [1.29, 1.82) is 0 Å². The van der Waals surface area contributed by atoms with Crippen LogP contribution in [0, 0.1) is 6.92 Å². The number of nitrogen functional groups attached to an aromatic ring is 2. The second-order valence-corrected chi connectivity index (χ2v) is 5.40. The molecule has 0 atom stereocenters. The van der Waals surface area contributed by atoms with Gasteiger partial charge in [-0.25, -0.2) is 4.98 Å². The van der Waals surface area contributed by atoms with Gasteiger partial charge in [0.1, 0.15) is 0 Å². The molecule has 1 aromatic carbocycles. The summed E-state index contributed by atoms with van der Waals surface area (Å²) in [5.74, 6) is 0.831. The first-order valence-electron chi connectivity index (χ1n) is 4.84. The topological polar surface area (TPSA) is 64.9 Å². The second kappa shape index (κ2) is 4.76. The number of nitrogens with zero attached hydrogens (tertiary/aromatic N) is 1. The first-order chi connectivity index (χ1) is 7.65. The van der Waals surface area contributed by atoms with E-state index in [1.54, 1.807) is 11.8 Å². The van der Waals surface area contributed by atoms with Gasteiger partial charge in [-0.05, 0) is 24.6 Å². The van der Waals surface area contributed by atoms with Gasteiger partial charge in [-0.3, -0.25) is 0 Å². The zero-order chi connectivity index (χ0) is 11.5. The zero-order valence-corrected chi connectivity index (χ0v) is 10.6. The van der Waals surface area contributed by atoms with Crippen LogP contribution in [0.5, 0.6) is 0 Å². The summed E-state index contributed by atoms with van der Waals surface area (Å²) >= 11 is 3.21. The largest absolute Gasteiger partial charge is 0.399 e. The van der Waals surface area contributed by atoms with Crippen molar-refractivity contribution in [3.05, 3.63) is 34.8 Å². The minimum atomic E-state index is 0.625. The van der Waals surface area contributed by atoms with Crippen LogP contribution in [0.2, 0.25) is 0 Å². The quantitative estimate of drug-likeness (QED) is 0.650. The number of rotatable bonds is 3. The molecule has 0 bridgehead atoms. The maximum Gasteiger partial charge on any atom is 0.180 e. The van der Waals surface area contributed by atoms with Crippen molar-refractivity contribution < 1.29 is 0 Å². The number of aromatic nitrogens is 1. The van der Waals surface area contributed by atoms with E-state index < -0.39 is 0 Å². The first-order valence-corrected chi connectivity index (χ1v) is 6.70. The van der Waals surface area contributed by atoms with Crippen molar-refractivity contribution in [3.63, 3.8) is 0 Å². The third-order valence-corrected chi connectivity index (χ3v) is 4.07. The number of thiazole rings is 1. The molecule has 0 unspecified atom stereocenters. The molecule has 16 heavy (non-hydrogen) atoms. The Morgan fingerprint density at radius 3 is 2.88 bits per heavy atom. The van der Waals surface area contributed by atoms with Crippen molar-refractivity contribution in [2.75, 3.05) is 11.5 Å². The van der Waals surface area contributed by atoms with Crippen LogP contribution in [0.1, 0.15) is 11.3 Å². The number of hydrogen-bond acceptors (Lipinski definition) is 5. The van der Waals surface area contributed by atoms with Crippen LogP contribution in [0.25, 0.3) is 0 Å². The maximum absolute atomic E-state index is 5.75. The fraction of sp³-hybridized carbons (Fsp3) is 0.182. The normalized spacial score (nSPS) is 10.6. The van der Waals surface area contributed by atoms with Gasteiger partial charge in [0.05, 0.1) is 5.69 Å². The predicted octanol–water partition coefficient (Wildman–Crippen LogP) is 2.91. The van der Waals surface area contributed by atoms with E-state index >= 15 is 0 Å². The molecule has 0 aliphatic carbocycles. The number of thioether (sulfide) groups is 1. The van der Waals surface area contributed by atoms with Crippen LogP contribution < -0.4 is 11.5 Å². The molecule has 2 rings (SSSR count). The molecule has 0 saturated heterocycles. The average Bonchev–Trinajstić information content (AvgIpc) is 2.66. The van der Waals surface area contributed by atoms with Gasteiger partial charge in [-0.1, -0.05) is 6.07 Å². The van der Waals surface area contributed by atoms with Gasteiger partial charge in [0.15, 0.2) is 5.13 Å². The first kappa shape index (κ1) is 11.3. The van der Waals surface area contributed by atoms with E-state index in [1.807, 2.05) is 23.6 Å². The lowest BCUT2D eigenvalue weighted by Gasteiger charge is -2.05. The SMILES string of the molecule is Cc1ccc(N)cc1SCc1csc(N)n1. The third kappa shape index (κ3) is 2.68. The monoisotopic (exact) mass is 251 g/mol. The Bertz CT molecular complexity index is 494. The van der Waals surface area contributed by atoms with E-state index in [9.17, 15) is 0 Å². The molecule has 0 saturated carbocycles. The minimum Gasteiger partial charge on any atom is -0.399 e. The molecule has 1 aromatic heterocycles. The predicted molar refractivity (Wildman–Crippen MR) is 71.7 cm³/mol. The lowest BCUT2D eigenvalue weighted by atomic mass is 10.2. The Labute approximate surface area is 103 Å². The summed E-state index contributed by atoms with van der Waals surface area (Å²) in [6.07, 6.45) is 0. The fourth-order valence-corrected chi connectivity index (χ4v) is 2.95. The minimum absolute atomic E-state index is 0.625. The molecule has 1 heterocycles. The van der Waals surface area contributed by atoms with Crippen molar-refractivity contribution in [2.45, 2.75) is 17.6 Å². The number of aryl methyl sites for hydroxylation is 1. The van der Waals surface area contributed by atoms with Crippen molar-refractivity contribution in [2.24, 2.45) is 0 Å². The van der Waals surface area contributed by atoms with Gasteiger partial charge in [0.25, 0.3) is 0 Å². The van der Waals surface area contributed by atoms with E-state index in [2.05, 4.69) is 11.9 Å². The molecule has 0 radical (unpaired) electrons. The average molecular weight is 251 g/mol. The van der Waals surface area contributed by atoms with E-state index in [-0.39, 0.29) is 0 Å². The van der Waals surface area contributed by atoms with Gasteiger partial charge in [0, 0.05) is 21.7 Å². The summed E-state index contributed by atoms with van der Waals surface area (Å²) in [7, 11) is 0. The lowest BCUT2D eigenvalue weighted by molar-refractivity contribution is 1.23. The van der Waals surface area contributed by atoms with E-state index in [0.717, 1.165) is 17.1 Å². The molecule has 0 fully saturated rings. The molecule has 0 spiro atoms. The highest BCUT2D eigenvalue weighted by atomic mass is 32.2. The molecule has 4 N–H and O–H groups in total. The summed E-state index contributed by atoms with van der Waals surface area (Å²) in [5.41, 5.74) is 14.4. The molecule has 5 heteroatoms. The maximum atomic E-state index is 5.75. The summed E-state index contributed by atoms with van der Waals surface area (Å²) in [4.78, 5) is 5.42. The Kier molecular flexibility index (Phi) is 3.36. The Morgan fingerprint density at radius 1 is 1.38 bits per heavy atom. The van der Waals surface area contributed by atoms with E-state index in [0.29, 0.717) is 5.13 Å². The molecule has 3 nitrogen and oxygen atoms in total. The van der Waals surface area contributed by atoms with Crippen LogP contribution in [0.4, 0.5) is 10.8 Å². The van der Waals surface area contributed by atoms with Crippen LogP contribution in [-0.4, -0.2) is 4.98 Å². The summed E-state index contributed by atoms with van der Waals surface area (Å²) < 4.78 is 0. The number of benzene rings is 1. The summed E-state index contributed by atoms with van der Waals surface area (Å²) in [6.45, 7) is 2.08. The summed E-state index contributed by atoms with van der Waals surface area (Å²) in [5, 5.41) is 2.61. The highest BCUT2D eigenvalue weighted by Crippen LogP contribution is 2.28. The number of anilines is 2. The van der Waals surface area contributed by atoms with Gasteiger partial charge in [-0.2, -0.15) is 0 Å². The standard InChI is InChI=1S/C11H13N3S2/c1-7-2-3-8(12)4-10(7)15-5-9-6-16-11(13)14-9/h2-4,6H,5,12H2,1H3,(H2,13,14). The van der Waals surface area contributed by atoms with Crippen LogP contribution in [-0.2, 0) is 5.75 Å². The molecule has 0 aliphatic heterocycles. The van der Waals surface area contributed by atoms with E-state index in [1.165, 1.54) is 21.8 Å². The van der Waals surface area contributed by atoms with Crippen molar-refractivity contribution in [3.8, 4) is 0 Å². The molecule has 0 aliphatic rings.